The molecule has 0 N–H and O–H groups in total. The molecule has 0 saturated heterocycles. The highest BCUT2D eigenvalue weighted by molar-refractivity contribution is 9.11. The number of benzene rings is 2. The fourth-order valence-corrected chi connectivity index (χ4v) is 3.18. The maximum atomic E-state index is 12.1. The van der Waals surface area contributed by atoms with Gasteiger partial charge in [-0.25, -0.2) is 4.79 Å². The molecule has 0 heterocycles. The normalized spacial score (nSPS) is 10.2. The highest BCUT2D eigenvalue weighted by Crippen LogP contribution is 2.30. The minimum Gasteiger partial charge on any atom is -0.496 e. The summed E-state index contributed by atoms with van der Waals surface area (Å²) in [5.41, 5.74) is 0.437. The number of ether oxygens (including phenoxy) is 2. The zero-order valence-electron chi connectivity index (χ0n) is 10.3. The SMILES string of the molecule is COc1ccc(C(=O)Oc2ccc(Br)cc2Br)cc1Br. The number of halogens is 3. The zero-order chi connectivity index (χ0) is 14.7. The molecule has 104 valence electrons. The first-order chi connectivity index (χ1) is 9.51. The number of carbonyl (C=O) groups excluding carboxylic acids is 1. The quantitative estimate of drug-likeness (QED) is 0.462. The predicted molar refractivity (Wildman–Crippen MR) is 87.5 cm³/mol. The van der Waals surface area contributed by atoms with E-state index in [0.29, 0.717) is 26.0 Å². The lowest BCUT2D eigenvalue weighted by Gasteiger charge is -2.08. The van der Waals surface area contributed by atoms with Crippen molar-refractivity contribution in [1.82, 2.24) is 0 Å². The Balaban J connectivity index is 2.21. The monoisotopic (exact) mass is 462 g/mol. The van der Waals surface area contributed by atoms with E-state index in [1.807, 2.05) is 6.07 Å². The van der Waals surface area contributed by atoms with Crippen molar-refractivity contribution in [1.29, 1.82) is 0 Å². The largest absolute Gasteiger partial charge is 0.496 e. The van der Waals surface area contributed by atoms with E-state index in [2.05, 4.69) is 47.8 Å². The van der Waals surface area contributed by atoms with Crippen molar-refractivity contribution in [2.75, 3.05) is 7.11 Å². The number of methoxy groups -OCH3 is 1. The van der Waals surface area contributed by atoms with E-state index in [-0.39, 0.29) is 0 Å². The van der Waals surface area contributed by atoms with Gasteiger partial charge in [0.2, 0.25) is 0 Å². The van der Waals surface area contributed by atoms with Crippen LogP contribution in [0.3, 0.4) is 0 Å². The van der Waals surface area contributed by atoms with Crippen molar-refractivity contribution in [2.45, 2.75) is 0 Å². The van der Waals surface area contributed by atoms with E-state index in [1.54, 1.807) is 37.4 Å². The highest BCUT2D eigenvalue weighted by Gasteiger charge is 2.13. The maximum Gasteiger partial charge on any atom is 0.343 e. The second-order valence-corrected chi connectivity index (χ2v) is 6.44. The molecule has 3 nitrogen and oxygen atoms in total. The number of esters is 1. The summed E-state index contributed by atoms with van der Waals surface area (Å²) in [6.07, 6.45) is 0. The van der Waals surface area contributed by atoms with Crippen LogP contribution in [0.1, 0.15) is 10.4 Å². The molecular weight excluding hydrogens is 456 g/mol. The van der Waals surface area contributed by atoms with Gasteiger partial charge in [-0.05, 0) is 68.3 Å². The van der Waals surface area contributed by atoms with Gasteiger partial charge in [-0.15, -0.1) is 0 Å². The van der Waals surface area contributed by atoms with Crippen molar-refractivity contribution >= 4 is 53.8 Å². The Hall–Kier alpha value is -0.850. The molecule has 2 aromatic carbocycles. The van der Waals surface area contributed by atoms with Gasteiger partial charge in [0.1, 0.15) is 11.5 Å². The summed E-state index contributed by atoms with van der Waals surface area (Å²) in [5.74, 6) is 0.688. The fourth-order valence-electron chi connectivity index (χ4n) is 1.51. The Morgan fingerprint density at radius 1 is 0.950 bits per heavy atom. The van der Waals surface area contributed by atoms with Crippen LogP contribution in [-0.2, 0) is 0 Å². The van der Waals surface area contributed by atoms with Gasteiger partial charge >= 0.3 is 5.97 Å². The number of hydrogen-bond donors (Lipinski definition) is 0. The van der Waals surface area contributed by atoms with Gasteiger partial charge in [-0.2, -0.15) is 0 Å². The van der Waals surface area contributed by atoms with Crippen LogP contribution in [0.5, 0.6) is 11.5 Å². The smallest absolute Gasteiger partial charge is 0.343 e. The van der Waals surface area contributed by atoms with Crippen molar-refractivity contribution in [2.24, 2.45) is 0 Å². The standard InChI is InChI=1S/C14H9Br3O3/c1-19-12-4-2-8(6-10(12)16)14(18)20-13-5-3-9(15)7-11(13)17/h2-7H,1H3. The van der Waals surface area contributed by atoms with Gasteiger partial charge in [0.15, 0.2) is 0 Å². The summed E-state index contributed by atoms with van der Waals surface area (Å²) in [5, 5.41) is 0. The minimum atomic E-state index is -0.434. The molecule has 2 aromatic rings. The molecule has 2 rings (SSSR count). The average Bonchev–Trinajstić information content (AvgIpc) is 2.41. The van der Waals surface area contributed by atoms with Crippen molar-refractivity contribution < 1.29 is 14.3 Å². The Kier molecular flexibility index (Phi) is 5.23. The average molecular weight is 465 g/mol. The van der Waals surface area contributed by atoms with Crippen LogP contribution in [0.25, 0.3) is 0 Å². The van der Waals surface area contributed by atoms with E-state index < -0.39 is 5.97 Å². The molecule has 0 atom stereocenters. The number of hydrogen-bond acceptors (Lipinski definition) is 3. The van der Waals surface area contributed by atoms with Crippen LogP contribution >= 0.6 is 47.8 Å². The van der Waals surface area contributed by atoms with Gasteiger partial charge < -0.3 is 9.47 Å². The first-order valence-electron chi connectivity index (χ1n) is 5.52. The van der Waals surface area contributed by atoms with Crippen LogP contribution in [0, 0.1) is 0 Å². The molecule has 0 aliphatic rings. The Morgan fingerprint density at radius 2 is 1.60 bits per heavy atom. The van der Waals surface area contributed by atoms with Gasteiger partial charge in [0.25, 0.3) is 0 Å². The Bertz CT molecular complexity index is 656. The molecule has 0 bridgehead atoms. The molecule has 0 fully saturated rings. The third-order valence-corrected chi connectivity index (χ3v) is 4.22. The van der Waals surface area contributed by atoms with E-state index in [4.69, 9.17) is 9.47 Å². The summed E-state index contributed by atoms with van der Waals surface area (Å²) >= 11 is 10.0. The molecular formula is C14H9Br3O3. The van der Waals surface area contributed by atoms with E-state index in [9.17, 15) is 4.79 Å². The summed E-state index contributed by atoms with van der Waals surface area (Å²) in [6.45, 7) is 0. The Labute approximate surface area is 141 Å². The van der Waals surface area contributed by atoms with Crippen LogP contribution in [0.2, 0.25) is 0 Å². The Morgan fingerprint density at radius 3 is 2.20 bits per heavy atom. The van der Waals surface area contributed by atoms with Crippen LogP contribution < -0.4 is 9.47 Å². The fraction of sp³-hybridized carbons (Fsp3) is 0.0714. The molecule has 0 aromatic heterocycles. The number of rotatable bonds is 3. The van der Waals surface area contributed by atoms with E-state index >= 15 is 0 Å². The molecule has 0 radical (unpaired) electrons. The van der Waals surface area contributed by atoms with Crippen molar-refractivity contribution in [3.63, 3.8) is 0 Å². The van der Waals surface area contributed by atoms with E-state index in [0.717, 1.165) is 4.47 Å². The first-order valence-corrected chi connectivity index (χ1v) is 7.90. The zero-order valence-corrected chi connectivity index (χ0v) is 15.1. The molecule has 0 spiro atoms. The maximum absolute atomic E-state index is 12.1. The third kappa shape index (κ3) is 3.62. The molecule has 0 aliphatic carbocycles. The summed E-state index contributed by atoms with van der Waals surface area (Å²) in [4.78, 5) is 12.1. The molecule has 0 unspecified atom stereocenters. The predicted octanol–water partition coefficient (Wildman–Crippen LogP) is 5.20. The molecule has 6 heteroatoms. The number of carbonyl (C=O) groups is 1. The van der Waals surface area contributed by atoms with Gasteiger partial charge in [0.05, 0.1) is 21.6 Å². The summed E-state index contributed by atoms with van der Waals surface area (Å²) < 4.78 is 12.8. The summed E-state index contributed by atoms with van der Waals surface area (Å²) in [7, 11) is 1.57. The third-order valence-electron chi connectivity index (χ3n) is 2.48. The summed E-state index contributed by atoms with van der Waals surface area (Å²) in [6, 6.07) is 10.3. The van der Waals surface area contributed by atoms with Crippen LogP contribution in [-0.4, -0.2) is 13.1 Å². The molecule has 0 aliphatic heterocycles. The lowest BCUT2D eigenvalue weighted by molar-refractivity contribution is 0.0733. The molecule has 0 saturated carbocycles. The topological polar surface area (TPSA) is 35.5 Å². The molecule has 20 heavy (non-hydrogen) atoms. The van der Waals surface area contributed by atoms with Gasteiger partial charge in [-0.3, -0.25) is 0 Å². The second-order valence-electron chi connectivity index (χ2n) is 3.81. The molecule has 0 amide bonds. The van der Waals surface area contributed by atoms with Crippen LogP contribution in [0.4, 0.5) is 0 Å². The highest BCUT2D eigenvalue weighted by atomic mass is 79.9. The van der Waals surface area contributed by atoms with Crippen LogP contribution in [0.15, 0.2) is 49.8 Å². The van der Waals surface area contributed by atoms with E-state index in [1.165, 1.54) is 0 Å². The van der Waals surface area contributed by atoms with Crippen molar-refractivity contribution in [3.8, 4) is 11.5 Å². The lowest BCUT2D eigenvalue weighted by atomic mass is 10.2. The van der Waals surface area contributed by atoms with Crippen molar-refractivity contribution in [3.05, 3.63) is 55.4 Å². The second kappa shape index (κ2) is 6.74. The first kappa shape index (κ1) is 15.5. The minimum absolute atomic E-state index is 0.434. The lowest BCUT2D eigenvalue weighted by Crippen LogP contribution is -2.09. The van der Waals surface area contributed by atoms with Gasteiger partial charge in [-0.1, -0.05) is 15.9 Å². The van der Waals surface area contributed by atoms with Gasteiger partial charge in [0, 0.05) is 4.47 Å².